The minimum absolute atomic E-state index is 0.0302. The van der Waals surface area contributed by atoms with Crippen LogP contribution in [-0.4, -0.2) is 37.7 Å². The van der Waals surface area contributed by atoms with Gasteiger partial charge in [0.25, 0.3) is 5.41 Å². The first-order valence-electron chi connectivity index (χ1n) is 21.0. The molecule has 0 aromatic rings. The number of hydrogen-bond acceptors (Lipinski definition) is 6. The molecule has 0 amide bonds. The fraction of sp³-hybridized carbons (Fsp3) is 0.929. The van der Waals surface area contributed by atoms with Crippen molar-refractivity contribution in [1.82, 2.24) is 0 Å². The molecule has 0 spiro atoms. The van der Waals surface area contributed by atoms with E-state index >= 15 is 0 Å². The number of carbonyl (C=O) groups excluding carboxylic acids is 3. The molecule has 0 atom stereocenters. The Kier molecular flexibility index (Phi) is 34.1. The van der Waals surface area contributed by atoms with Crippen molar-refractivity contribution in [3.63, 3.8) is 0 Å². The molecule has 6 nitrogen and oxygen atoms in total. The zero-order valence-corrected chi connectivity index (χ0v) is 32.5. The summed E-state index contributed by atoms with van der Waals surface area (Å²) < 4.78 is 16.8. The standard InChI is InChI=1S/C42H80O6/c1-5-9-12-15-18-21-24-27-30-33-36-46-39(43)42(8-4,40(44)47-37-34-31-28-25-22-19-16-13-10-6-2)41(45)48-38-35-32-29-26-23-20-17-14-11-7-3/h5-38H2,1-4H3. The Morgan fingerprint density at radius 2 is 0.500 bits per heavy atom. The summed E-state index contributed by atoms with van der Waals surface area (Å²) in [7, 11) is 0. The third-order valence-corrected chi connectivity index (χ3v) is 9.77. The van der Waals surface area contributed by atoms with E-state index in [1.54, 1.807) is 6.92 Å². The van der Waals surface area contributed by atoms with Crippen LogP contribution in [0.4, 0.5) is 0 Å². The topological polar surface area (TPSA) is 78.9 Å². The van der Waals surface area contributed by atoms with E-state index in [1.807, 2.05) is 0 Å². The highest BCUT2D eigenvalue weighted by Gasteiger charge is 2.56. The maximum atomic E-state index is 13.4. The minimum Gasteiger partial charge on any atom is -0.464 e. The molecule has 0 aliphatic carbocycles. The van der Waals surface area contributed by atoms with Gasteiger partial charge < -0.3 is 14.2 Å². The summed E-state index contributed by atoms with van der Waals surface area (Å²) in [6.07, 6.45) is 35.2. The molecule has 0 rings (SSSR count). The van der Waals surface area contributed by atoms with E-state index < -0.39 is 23.3 Å². The summed E-state index contributed by atoms with van der Waals surface area (Å²) in [6, 6.07) is 0. The van der Waals surface area contributed by atoms with Gasteiger partial charge in [-0.2, -0.15) is 0 Å². The monoisotopic (exact) mass is 681 g/mol. The molecule has 284 valence electrons. The molecule has 6 heteroatoms. The normalized spacial score (nSPS) is 11.5. The SMILES string of the molecule is CCCCCCCCCCCCOC(=O)C(CC)(C(=O)OCCCCCCCCCCCC)C(=O)OCCCCCCCCCCCC. The van der Waals surface area contributed by atoms with E-state index in [9.17, 15) is 14.4 Å². The van der Waals surface area contributed by atoms with Crippen LogP contribution in [0.25, 0.3) is 0 Å². The summed E-state index contributed by atoms with van der Waals surface area (Å²) in [4.78, 5) is 40.3. The summed E-state index contributed by atoms with van der Waals surface area (Å²) >= 11 is 0. The Morgan fingerprint density at radius 1 is 0.312 bits per heavy atom. The highest BCUT2D eigenvalue weighted by atomic mass is 16.6. The molecule has 0 fully saturated rings. The summed E-state index contributed by atoms with van der Waals surface area (Å²) in [5.41, 5.74) is -2.05. The Labute approximate surface area is 298 Å². The van der Waals surface area contributed by atoms with Crippen LogP contribution in [0.1, 0.15) is 227 Å². The Bertz CT molecular complexity index is 643. The zero-order valence-electron chi connectivity index (χ0n) is 32.5. The van der Waals surface area contributed by atoms with Crippen LogP contribution in [0.2, 0.25) is 0 Å². The molecule has 0 aromatic carbocycles. The average Bonchev–Trinajstić information content (AvgIpc) is 3.09. The highest BCUT2D eigenvalue weighted by Crippen LogP contribution is 2.29. The van der Waals surface area contributed by atoms with Gasteiger partial charge in [-0.1, -0.05) is 201 Å². The van der Waals surface area contributed by atoms with E-state index in [1.165, 1.54) is 135 Å². The van der Waals surface area contributed by atoms with E-state index in [0.29, 0.717) is 0 Å². The van der Waals surface area contributed by atoms with Crippen molar-refractivity contribution in [2.75, 3.05) is 19.8 Å². The fourth-order valence-electron chi connectivity index (χ4n) is 6.32. The zero-order chi connectivity index (χ0) is 35.4. The number of unbranched alkanes of at least 4 members (excludes halogenated alkanes) is 27. The van der Waals surface area contributed by atoms with Gasteiger partial charge in [0.2, 0.25) is 0 Å². The van der Waals surface area contributed by atoms with Gasteiger partial charge >= 0.3 is 17.9 Å². The second-order valence-corrected chi connectivity index (χ2v) is 14.2. The van der Waals surface area contributed by atoms with Crippen molar-refractivity contribution in [3.8, 4) is 0 Å². The first-order chi connectivity index (χ1) is 23.5. The van der Waals surface area contributed by atoms with Crippen LogP contribution in [0, 0.1) is 5.41 Å². The Morgan fingerprint density at radius 3 is 0.688 bits per heavy atom. The number of ether oxygens (including phenoxy) is 3. The molecule has 0 saturated carbocycles. The van der Waals surface area contributed by atoms with Gasteiger partial charge in [-0.25, -0.2) is 0 Å². The lowest BCUT2D eigenvalue weighted by molar-refractivity contribution is -0.184. The largest absolute Gasteiger partial charge is 0.464 e. The number of esters is 3. The first kappa shape index (κ1) is 46.4. The number of rotatable bonds is 37. The third-order valence-electron chi connectivity index (χ3n) is 9.77. The first-order valence-corrected chi connectivity index (χ1v) is 21.0. The molecule has 0 heterocycles. The fourth-order valence-corrected chi connectivity index (χ4v) is 6.32. The van der Waals surface area contributed by atoms with Crippen LogP contribution in [-0.2, 0) is 28.6 Å². The van der Waals surface area contributed by atoms with Crippen molar-refractivity contribution in [2.45, 2.75) is 227 Å². The van der Waals surface area contributed by atoms with Gasteiger partial charge in [0.05, 0.1) is 19.8 Å². The summed E-state index contributed by atoms with van der Waals surface area (Å²) in [5.74, 6) is -2.45. The molecular formula is C42H80O6. The molecule has 0 bridgehead atoms. The van der Waals surface area contributed by atoms with Crippen LogP contribution in [0.15, 0.2) is 0 Å². The average molecular weight is 681 g/mol. The molecule has 48 heavy (non-hydrogen) atoms. The smallest absolute Gasteiger partial charge is 0.335 e. The molecule has 0 radical (unpaired) electrons. The summed E-state index contributed by atoms with van der Waals surface area (Å²) in [6.45, 7) is 8.99. The van der Waals surface area contributed by atoms with Crippen molar-refractivity contribution in [1.29, 1.82) is 0 Å². The van der Waals surface area contributed by atoms with Crippen LogP contribution in [0.5, 0.6) is 0 Å². The Balaban J connectivity index is 4.73. The van der Waals surface area contributed by atoms with Crippen molar-refractivity contribution in [2.24, 2.45) is 5.41 Å². The molecule has 0 aliphatic rings. The molecule has 0 aromatic heterocycles. The molecule has 0 saturated heterocycles. The minimum atomic E-state index is -2.05. The maximum Gasteiger partial charge on any atom is 0.335 e. The molecular weight excluding hydrogens is 600 g/mol. The van der Waals surface area contributed by atoms with E-state index in [-0.39, 0.29) is 26.2 Å². The van der Waals surface area contributed by atoms with Crippen molar-refractivity contribution < 1.29 is 28.6 Å². The second-order valence-electron chi connectivity index (χ2n) is 14.2. The number of hydrogen-bond donors (Lipinski definition) is 0. The van der Waals surface area contributed by atoms with Crippen molar-refractivity contribution in [3.05, 3.63) is 0 Å². The molecule has 0 N–H and O–H groups in total. The lowest BCUT2D eigenvalue weighted by Gasteiger charge is -2.26. The Hall–Kier alpha value is -1.59. The number of carbonyl (C=O) groups is 3. The molecule has 0 unspecified atom stereocenters. The quantitative estimate of drug-likeness (QED) is 0.0281. The lowest BCUT2D eigenvalue weighted by Crippen LogP contribution is -2.49. The second kappa shape index (κ2) is 35.2. The van der Waals surface area contributed by atoms with E-state index in [0.717, 1.165) is 57.8 Å². The van der Waals surface area contributed by atoms with Gasteiger partial charge in [0.1, 0.15) is 0 Å². The molecule has 0 aliphatic heterocycles. The van der Waals surface area contributed by atoms with Gasteiger partial charge in [0.15, 0.2) is 0 Å². The van der Waals surface area contributed by atoms with Gasteiger partial charge in [-0.3, -0.25) is 14.4 Å². The lowest BCUT2D eigenvalue weighted by atomic mass is 9.85. The van der Waals surface area contributed by atoms with Crippen molar-refractivity contribution >= 4 is 17.9 Å². The van der Waals surface area contributed by atoms with Gasteiger partial charge in [0, 0.05) is 0 Å². The predicted molar refractivity (Wildman–Crippen MR) is 201 cm³/mol. The maximum absolute atomic E-state index is 13.4. The van der Waals surface area contributed by atoms with Crippen LogP contribution in [0.3, 0.4) is 0 Å². The van der Waals surface area contributed by atoms with Crippen LogP contribution >= 0.6 is 0 Å². The van der Waals surface area contributed by atoms with E-state index in [4.69, 9.17) is 14.2 Å². The van der Waals surface area contributed by atoms with Gasteiger partial charge in [-0.15, -0.1) is 0 Å². The predicted octanol–water partition coefficient (Wildman–Crippen LogP) is 12.8. The highest BCUT2D eigenvalue weighted by molar-refractivity contribution is 6.17. The third kappa shape index (κ3) is 24.5. The van der Waals surface area contributed by atoms with E-state index in [2.05, 4.69) is 20.8 Å². The van der Waals surface area contributed by atoms with Crippen LogP contribution < -0.4 is 0 Å². The van der Waals surface area contributed by atoms with Gasteiger partial charge in [-0.05, 0) is 25.7 Å². The summed E-state index contributed by atoms with van der Waals surface area (Å²) in [5, 5.41) is 0.